The lowest BCUT2D eigenvalue weighted by Gasteiger charge is -2.30. The maximum atomic E-state index is 12.3. The Balaban J connectivity index is 2.26. The molecular formula is C11H15N3O4S. The molecule has 1 N–H and O–H groups in total. The molecule has 0 unspecified atom stereocenters. The smallest absolute Gasteiger partial charge is 0.269 e. The molecule has 1 fully saturated rings. The van der Waals surface area contributed by atoms with Crippen LogP contribution in [-0.2, 0) is 10.0 Å². The number of rotatable bonds is 3. The molecule has 8 heteroatoms. The second kappa shape index (κ2) is 5.24. The Hall–Kier alpha value is -1.51. The molecule has 1 aromatic carbocycles. The first-order valence-corrected chi connectivity index (χ1v) is 7.33. The third-order valence-corrected chi connectivity index (χ3v) is 4.90. The summed E-state index contributed by atoms with van der Waals surface area (Å²) < 4.78 is 26.1. The number of nitrogens with zero attached hydrogens (tertiary/aromatic N) is 2. The van der Waals surface area contributed by atoms with Gasteiger partial charge in [-0.25, -0.2) is 8.42 Å². The van der Waals surface area contributed by atoms with Gasteiger partial charge in [0.05, 0.1) is 9.82 Å². The molecule has 1 atom stereocenters. The van der Waals surface area contributed by atoms with Crippen molar-refractivity contribution in [2.45, 2.75) is 17.9 Å². The van der Waals surface area contributed by atoms with Gasteiger partial charge in [0.15, 0.2) is 0 Å². The summed E-state index contributed by atoms with van der Waals surface area (Å²) >= 11 is 0. The highest BCUT2D eigenvalue weighted by Crippen LogP contribution is 2.20. The van der Waals surface area contributed by atoms with Gasteiger partial charge < -0.3 is 5.32 Å². The lowest BCUT2D eigenvalue weighted by Crippen LogP contribution is -2.51. The summed E-state index contributed by atoms with van der Waals surface area (Å²) in [6, 6.07) is 5.07. The summed E-state index contributed by atoms with van der Waals surface area (Å²) in [6.07, 6.45) is 0. The summed E-state index contributed by atoms with van der Waals surface area (Å²) in [5.41, 5.74) is -0.118. The molecule has 7 nitrogen and oxygen atoms in total. The van der Waals surface area contributed by atoms with E-state index in [9.17, 15) is 18.5 Å². The Labute approximate surface area is 111 Å². The fraction of sp³-hybridized carbons (Fsp3) is 0.455. The standard InChI is InChI=1S/C11H15N3O4S/c1-9-8-13(7-6-12-9)19(17,18)11-4-2-10(3-5-11)14(15)16/h2-5,9,12H,6-8H2,1H3/t9-/m1/s1. The van der Waals surface area contributed by atoms with Crippen molar-refractivity contribution in [3.05, 3.63) is 34.4 Å². The number of sulfonamides is 1. The van der Waals surface area contributed by atoms with Crippen molar-refractivity contribution in [1.82, 2.24) is 9.62 Å². The van der Waals surface area contributed by atoms with Gasteiger partial charge in [0, 0.05) is 37.8 Å². The van der Waals surface area contributed by atoms with Crippen LogP contribution in [0.1, 0.15) is 6.92 Å². The van der Waals surface area contributed by atoms with Gasteiger partial charge in [-0.1, -0.05) is 0 Å². The molecule has 104 valence electrons. The topological polar surface area (TPSA) is 92.5 Å². The van der Waals surface area contributed by atoms with Crippen LogP contribution in [0.15, 0.2) is 29.2 Å². The molecule has 1 heterocycles. The average molecular weight is 285 g/mol. The van der Waals surface area contributed by atoms with Gasteiger partial charge in [0.1, 0.15) is 0 Å². The van der Waals surface area contributed by atoms with Crippen LogP contribution in [0.3, 0.4) is 0 Å². The Bertz CT molecular complexity index is 570. The molecule has 0 amide bonds. The predicted molar refractivity (Wildman–Crippen MR) is 69.3 cm³/mol. The first-order chi connectivity index (χ1) is 8.91. The Morgan fingerprint density at radius 1 is 1.37 bits per heavy atom. The molecule has 0 saturated carbocycles. The van der Waals surface area contributed by atoms with Crippen LogP contribution >= 0.6 is 0 Å². The van der Waals surface area contributed by atoms with Crippen LogP contribution in [0.25, 0.3) is 0 Å². The van der Waals surface area contributed by atoms with Crippen molar-refractivity contribution < 1.29 is 13.3 Å². The largest absolute Gasteiger partial charge is 0.312 e. The van der Waals surface area contributed by atoms with E-state index in [1.54, 1.807) is 0 Å². The van der Waals surface area contributed by atoms with E-state index in [2.05, 4.69) is 5.32 Å². The van der Waals surface area contributed by atoms with Gasteiger partial charge in [-0.3, -0.25) is 10.1 Å². The van der Waals surface area contributed by atoms with E-state index in [0.29, 0.717) is 19.6 Å². The zero-order chi connectivity index (χ0) is 14.0. The Kier molecular flexibility index (Phi) is 3.83. The Morgan fingerprint density at radius 2 is 2.00 bits per heavy atom. The third kappa shape index (κ3) is 2.91. The molecule has 0 spiro atoms. The number of nitro groups is 1. The van der Waals surface area contributed by atoms with Crippen LogP contribution < -0.4 is 5.32 Å². The summed E-state index contributed by atoms with van der Waals surface area (Å²) in [6.45, 7) is 3.33. The van der Waals surface area contributed by atoms with E-state index >= 15 is 0 Å². The van der Waals surface area contributed by atoms with Gasteiger partial charge in [-0.15, -0.1) is 0 Å². The molecule has 1 aliphatic heterocycles. The number of hydrogen-bond donors (Lipinski definition) is 1. The molecule has 2 rings (SSSR count). The summed E-state index contributed by atoms with van der Waals surface area (Å²) in [4.78, 5) is 10.1. The lowest BCUT2D eigenvalue weighted by molar-refractivity contribution is -0.384. The zero-order valence-corrected chi connectivity index (χ0v) is 11.3. The number of nitrogens with one attached hydrogen (secondary N) is 1. The van der Waals surface area contributed by atoms with Gasteiger partial charge >= 0.3 is 0 Å². The fourth-order valence-electron chi connectivity index (χ4n) is 2.00. The second-order valence-corrected chi connectivity index (χ2v) is 6.41. The molecule has 1 saturated heterocycles. The minimum atomic E-state index is -3.57. The van der Waals surface area contributed by atoms with E-state index in [4.69, 9.17) is 0 Å². The monoisotopic (exact) mass is 285 g/mol. The molecule has 1 aliphatic rings. The van der Waals surface area contributed by atoms with E-state index in [-0.39, 0.29) is 16.6 Å². The van der Waals surface area contributed by atoms with Crippen molar-refractivity contribution in [1.29, 1.82) is 0 Å². The first-order valence-electron chi connectivity index (χ1n) is 5.89. The van der Waals surface area contributed by atoms with Crippen LogP contribution in [0.2, 0.25) is 0 Å². The molecule has 0 aromatic heterocycles. The van der Waals surface area contributed by atoms with Crippen molar-refractivity contribution >= 4 is 15.7 Å². The van der Waals surface area contributed by atoms with Crippen LogP contribution in [0.4, 0.5) is 5.69 Å². The number of hydrogen-bond acceptors (Lipinski definition) is 5. The number of benzene rings is 1. The highest BCUT2D eigenvalue weighted by molar-refractivity contribution is 7.89. The van der Waals surface area contributed by atoms with Crippen molar-refractivity contribution in [3.63, 3.8) is 0 Å². The molecule has 0 aliphatic carbocycles. The quantitative estimate of drug-likeness (QED) is 0.647. The normalized spacial score (nSPS) is 21.2. The number of piperazine rings is 1. The van der Waals surface area contributed by atoms with Gasteiger partial charge in [0.2, 0.25) is 10.0 Å². The van der Waals surface area contributed by atoms with Crippen molar-refractivity contribution in [3.8, 4) is 0 Å². The predicted octanol–water partition coefficient (Wildman–Crippen LogP) is 0.577. The minimum Gasteiger partial charge on any atom is -0.312 e. The molecule has 0 bridgehead atoms. The van der Waals surface area contributed by atoms with Crippen molar-refractivity contribution in [2.24, 2.45) is 0 Å². The highest BCUT2D eigenvalue weighted by Gasteiger charge is 2.28. The fourth-order valence-corrected chi connectivity index (χ4v) is 3.53. The van der Waals surface area contributed by atoms with Crippen LogP contribution in [-0.4, -0.2) is 43.3 Å². The minimum absolute atomic E-state index is 0.0900. The molecule has 0 radical (unpaired) electrons. The van der Waals surface area contributed by atoms with E-state index < -0.39 is 14.9 Å². The average Bonchev–Trinajstić information content (AvgIpc) is 2.39. The third-order valence-electron chi connectivity index (χ3n) is 3.02. The lowest BCUT2D eigenvalue weighted by atomic mass is 10.3. The van der Waals surface area contributed by atoms with Gasteiger partial charge in [-0.05, 0) is 19.1 Å². The van der Waals surface area contributed by atoms with Crippen molar-refractivity contribution in [2.75, 3.05) is 19.6 Å². The van der Waals surface area contributed by atoms with E-state index in [1.807, 2.05) is 6.92 Å². The highest BCUT2D eigenvalue weighted by atomic mass is 32.2. The maximum absolute atomic E-state index is 12.3. The first kappa shape index (κ1) is 13.9. The summed E-state index contributed by atoms with van der Waals surface area (Å²) in [5, 5.41) is 13.7. The van der Waals surface area contributed by atoms with E-state index in [0.717, 1.165) is 0 Å². The second-order valence-electron chi connectivity index (χ2n) is 4.47. The van der Waals surface area contributed by atoms with Gasteiger partial charge in [-0.2, -0.15) is 4.31 Å². The SMILES string of the molecule is C[C@@H]1CN(S(=O)(=O)c2ccc([N+](=O)[O-])cc2)CCN1. The van der Waals surface area contributed by atoms with E-state index in [1.165, 1.54) is 28.6 Å². The number of nitro benzene ring substituents is 1. The molecule has 1 aromatic rings. The maximum Gasteiger partial charge on any atom is 0.269 e. The van der Waals surface area contributed by atoms with Crippen LogP contribution in [0.5, 0.6) is 0 Å². The Morgan fingerprint density at radius 3 is 2.53 bits per heavy atom. The molecule has 19 heavy (non-hydrogen) atoms. The zero-order valence-electron chi connectivity index (χ0n) is 10.4. The summed E-state index contributed by atoms with van der Waals surface area (Å²) in [7, 11) is -3.57. The summed E-state index contributed by atoms with van der Waals surface area (Å²) in [5.74, 6) is 0. The van der Waals surface area contributed by atoms with Crippen LogP contribution in [0, 0.1) is 10.1 Å². The molecular weight excluding hydrogens is 270 g/mol. The van der Waals surface area contributed by atoms with Gasteiger partial charge in [0.25, 0.3) is 5.69 Å². The number of non-ortho nitro benzene ring substituents is 1.